The summed E-state index contributed by atoms with van der Waals surface area (Å²) in [6.45, 7) is 0. The number of sulfone groups is 1. The molecular weight excluding hydrogens is 291 g/mol. The van der Waals surface area contributed by atoms with Crippen molar-refractivity contribution in [3.05, 3.63) is 41.3 Å². The maximum absolute atomic E-state index is 13.4. The van der Waals surface area contributed by atoms with Crippen LogP contribution in [0.1, 0.15) is 0 Å². The second kappa shape index (κ2) is 4.79. The zero-order valence-electron chi connectivity index (χ0n) is 9.89. The van der Waals surface area contributed by atoms with Gasteiger partial charge in [-0.3, -0.25) is 0 Å². The van der Waals surface area contributed by atoms with Crippen molar-refractivity contribution in [3.63, 3.8) is 0 Å². The van der Waals surface area contributed by atoms with Crippen molar-refractivity contribution in [1.82, 2.24) is 4.98 Å². The average Bonchev–Trinajstić information content (AvgIpc) is 2.33. The highest BCUT2D eigenvalue weighted by Gasteiger charge is 2.12. The van der Waals surface area contributed by atoms with Gasteiger partial charge in [-0.15, -0.1) is 0 Å². The van der Waals surface area contributed by atoms with Crippen LogP contribution >= 0.6 is 11.6 Å². The van der Waals surface area contributed by atoms with E-state index in [1.54, 1.807) is 0 Å². The average molecular weight is 301 g/mol. The molecule has 1 aromatic heterocycles. The summed E-state index contributed by atoms with van der Waals surface area (Å²) >= 11 is 5.97. The first-order valence-electron chi connectivity index (χ1n) is 5.20. The largest absolute Gasteiger partial charge is 0.396 e. The van der Waals surface area contributed by atoms with E-state index in [1.165, 1.54) is 30.5 Å². The van der Waals surface area contributed by atoms with Gasteiger partial charge in [0.1, 0.15) is 5.82 Å². The molecule has 0 fully saturated rings. The monoisotopic (exact) mass is 300 g/mol. The van der Waals surface area contributed by atoms with E-state index < -0.39 is 15.7 Å². The standard InChI is InChI=1S/C12H10ClFN2O2S/c1-19(17,18)12-3-2-7(6-16-12)8-4-10(14)11(15)5-9(8)13/h2-6H,15H2,1H3. The molecule has 0 bridgehead atoms. The zero-order valence-corrected chi connectivity index (χ0v) is 11.5. The zero-order chi connectivity index (χ0) is 14.2. The molecule has 1 aromatic carbocycles. The summed E-state index contributed by atoms with van der Waals surface area (Å²) in [4.78, 5) is 3.82. The van der Waals surface area contributed by atoms with Gasteiger partial charge in [0.15, 0.2) is 14.9 Å². The summed E-state index contributed by atoms with van der Waals surface area (Å²) in [5.74, 6) is -0.591. The highest BCUT2D eigenvalue weighted by atomic mass is 35.5. The molecule has 4 nitrogen and oxygen atoms in total. The molecule has 0 atom stereocenters. The van der Waals surface area contributed by atoms with Gasteiger partial charge >= 0.3 is 0 Å². The molecule has 0 spiro atoms. The highest BCUT2D eigenvalue weighted by molar-refractivity contribution is 7.90. The van der Waals surface area contributed by atoms with E-state index in [0.29, 0.717) is 11.1 Å². The molecule has 0 radical (unpaired) electrons. The molecule has 100 valence electrons. The van der Waals surface area contributed by atoms with E-state index >= 15 is 0 Å². The lowest BCUT2D eigenvalue weighted by molar-refractivity contribution is 0.598. The van der Waals surface area contributed by atoms with Gasteiger partial charge in [-0.2, -0.15) is 0 Å². The van der Waals surface area contributed by atoms with Gasteiger partial charge in [-0.05, 0) is 24.3 Å². The minimum absolute atomic E-state index is 0.0468. The third-order valence-corrected chi connectivity index (χ3v) is 3.83. The Morgan fingerprint density at radius 3 is 2.53 bits per heavy atom. The van der Waals surface area contributed by atoms with Crippen molar-refractivity contribution in [1.29, 1.82) is 0 Å². The molecule has 0 unspecified atom stereocenters. The van der Waals surface area contributed by atoms with E-state index in [-0.39, 0.29) is 15.7 Å². The molecule has 0 aliphatic carbocycles. The Balaban J connectivity index is 2.52. The summed E-state index contributed by atoms with van der Waals surface area (Å²) in [7, 11) is -3.36. The van der Waals surface area contributed by atoms with Crippen molar-refractivity contribution in [2.24, 2.45) is 0 Å². The summed E-state index contributed by atoms with van der Waals surface area (Å²) in [5, 5.41) is 0.219. The summed E-state index contributed by atoms with van der Waals surface area (Å²) in [6, 6.07) is 5.35. The van der Waals surface area contributed by atoms with Gasteiger partial charge < -0.3 is 5.73 Å². The normalized spacial score (nSPS) is 11.5. The third-order valence-electron chi connectivity index (χ3n) is 2.51. The van der Waals surface area contributed by atoms with Crippen LogP contribution in [-0.2, 0) is 9.84 Å². The topological polar surface area (TPSA) is 73.0 Å². The van der Waals surface area contributed by atoms with Gasteiger partial charge in [-0.1, -0.05) is 11.6 Å². The Hall–Kier alpha value is -1.66. The summed E-state index contributed by atoms with van der Waals surface area (Å²) < 4.78 is 36.0. The lowest BCUT2D eigenvalue weighted by atomic mass is 10.1. The fraction of sp³-hybridized carbons (Fsp3) is 0.0833. The van der Waals surface area contributed by atoms with Crippen LogP contribution in [0.15, 0.2) is 35.5 Å². The molecule has 2 aromatic rings. The number of hydrogen-bond acceptors (Lipinski definition) is 4. The maximum atomic E-state index is 13.4. The van der Waals surface area contributed by atoms with E-state index in [1.807, 2.05) is 0 Å². The van der Waals surface area contributed by atoms with Crippen molar-refractivity contribution in [3.8, 4) is 11.1 Å². The summed E-state index contributed by atoms with van der Waals surface area (Å²) in [6.07, 6.45) is 2.39. The maximum Gasteiger partial charge on any atom is 0.192 e. The van der Waals surface area contributed by atoms with Gasteiger partial charge in [0.2, 0.25) is 0 Å². The first-order chi connectivity index (χ1) is 8.79. The second-order valence-corrected chi connectivity index (χ2v) is 6.38. The van der Waals surface area contributed by atoms with Gasteiger partial charge in [-0.25, -0.2) is 17.8 Å². The molecule has 19 heavy (non-hydrogen) atoms. The van der Waals surface area contributed by atoms with Crippen LogP contribution in [0.25, 0.3) is 11.1 Å². The first-order valence-corrected chi connectivity index (χ1v) is 7.47. The van der Waals surface area contributed by atoms with Crippen LogP contribution in [-0.4, -0.2) is 19.7 Å². The SMILES string of the molecule is CS(=O)(=O)c1ccc(-c2cc(F)c(N)cc2Cl)cn1. The fourth-order valence-corrected chi connectivity index (χ4v) is 2.38. The van der Waals surface area contributed by atoms with Crippen LogP contribution in [0.5, 0.6) is 0 Å². The first kappa shape index (κ1) is 13.8. The smallest absolute Gasteiger partial charge is 0.192 e. The Labute approximate surface area is 115 Å². The van der Waals surface area contributed by atoms with Gasteiger partial charge in [0.25, 0.3) is 0 Å². The minimum atomic E-state index is -3.36. The van der Waals surface area contributed by atoms with Crippen molar-refractivity contribution in [2.75, 3.05) is 12.0 Å². The summed E-state index contributed by atoms with van der Waals surface area (Å²) in [5.41, 5.74) is 6.26. The number of nitrogens with two attached hydrogens (primary N) is 1. The van der Waals surface area contributed by atoms with Gasteiger partial charge in [0.05, 0.1) is 10.7 Å². The van der Waals surface area contributed by atoms with E-state index in [0.717, 1.165) is 6.26 Å². The Bertz CT molecular complexity index is 730. The molecular formula is C12H10ClFN2O2S. The van der Waals surface area contributed by atoms with E-state index in [4.69, 9.17) is 17.3 Å². The molecule has 7 heteroatoms. The minimum Gasteiger partial charge on any atom is -0.396 e. The van der Waals surface area contributed by atoms with Crippen LogP contribution in [0.4, 0.5) is 10.1 Å². The molecule has 1 heterocycles. The number of halogens is 2. The van der Waals surface area contributed by atoms with Crippen LogP contribution < -0.4 is 5.73 Å². The lowest BCUT2D eigenvalue weighted by Gasteiger charge is -2.07. The number of anilines is 1. The second-order valence-electron chi connectivity index (χ2n) is 4.01. The Kier molecular flexibility index (Phi) is 3.47. The fourth-order valence-electron chi connectivity index (χ4n) is 1.54. The molecule has 0 saturated carbocycles. The van der Waals surface area contributed by atoms with Crippen LogP contribution in [0.3, 0.4) is 0 Å². The number of aromatic nitrogens is 1. The predicted molar refractivity (Wildman–Crippen MR) is 72.2 cm³/mol. The molecule has 2 rings (SSSR count). The Morgan fingerprint density at radius 1 is 1.32 bits per heavy atom. The number of pyridine rings is 1. The molecule has 0 aliphatic heterocycles. The third kappa shape index (κ3) is 2.85. The number of nitrogen functional groups attached to an aromatic ring is 1. The molecule has 0 aliphatic rings. The number of benzene rings is 1. The van der Waals surface area contributed by atoms with Crippen molar-refractivity contribution >= 4 is 27.1 Å². The van der Waals surface area contributed by atoms with E-state index in [2.05, 4.69) is 4.98 Å². The van der Waals surface area contributed by atoms with Crippen molar-refractivity contribution < 1.29 is 12.8 Å². The van der Waals surface area contributed by atoms with E-state index in [9.17, 15) is 12.8 Å². The molecule has 0 amide bonds. The van der Waals surface area contributed by atoms with Crippen LogP contribution in [0.2, 0.25) is 5.02 Å². The van der Waals surface area contributed by atoms with Gasteiger partial charge in [0, 0.05) is 23.6 Å². The number of hydrogen-bond donors (Lipinski definition) is 1. The number of nitrogens with zero attached hydrogens (tertiary/aromatic N) is 1. The predicted octanol–water partition coefficient (Wildman–Crippen LogP) is 2.53. The molecule has 0 saturated heterocycles. The molecule has 2 N–H and O–H groups in total. The Morgan fingerprint density at radius 2 is 2.00 bits per heavy atom. The van der Waals surface area contributed by atoms with Crippen LogP contribution in [0, 0.1) is 5.82 Å². The highest BCUT2D eigenvalue weighted by Crippen LogP contribution is 2.31. The quantitative estimate of drug-likeness (QED) is 0.865. The number of rotatable bonds is 2. The van der Waals surface area contributed by atoms with Crippen molar-refractivity contribution in [2.45, 2.75) is 5.03 Å². The lowest BCUT2D eigenvalue weighted by Crippen LogP contribution is -2.00.